The lowest BCUT2D eigenvalue weighted by molar-refractivity contribution is 0.131. The molecule has 1 atom stereocenters. The molecule has 0 radical (unpaired) electrons. The van der Waals surface area contributed by atoms with Gasteiger partial charge < -0.3 is 15.2 Å². The van der Waals surface area contributed by atoms with E-state index in [-0.39, 0.29) is 0 Å². The predicted octanol–water partition coefficient (Wildman–Crippen LogP) is 3.62. The summed E-state index contributed by atoms with van der Waals surface area (Å²) in [4.78, 5) is 2.48. The zero-order valence-electron chi connectivity index (χ0n) is 14.2. The molecule has 1 unspecified atom stereocenters. The minimum atomic E-state index is 0.487. The quantitative estimate of drug-likeness (QED) is 0.609. The number of piperidine rings is 1. The molecule has 1 heterocycles. The van der Waals surface area contributed by atoms with E-state index in [9.17, 15) is 0 Å². The lowest BCUT2D eigenvalue weighted by Crippen LogP contribution is -2.39. The third-order valence-electron chi connectivity index (χ3n) is 4.24. The Hall–Kier alpha value is -1.33. The van der Waals surface area contributed by atoms with E-state index < -0.39 is 0 Å². The van der Waals surface area contributed by atoms with Crippen molar-refractivity contribution in [2.75, 3.05) is 32.0 Å². The maximum Gasteiger partial charge on any atom is 0.194 e. The van der Waals surface area contributed by atoms with Gasteiger partial charge in [0, 0.05) is 24.3 Å². The fraction of sp³-hybridized carbons (Fsp3) is 0.611. The highest BCUT2D eigenvalue weighted by Gasteiger charge is 2.18. The van der Waals surface area contributed by atoms with Gasteiger partial charge in [-0.2, -0.15) is 0 Å². The Morgan fingerprint density at radius 2 is 2.17 bits per heavy atom. The van der Waals surface area contributed by atoms with Crippen molar-refractivity contribution in [3.05, 3.63) is 23.8 Å². The van der Waals surface area contributed by atoms with Crippen molar-refractivity contribution in [3.8, 4) is 5.75 Å². The first-order chi connectivity index (χ1) is 11.1. The highest BCUT2D eigenvalue weighted by molar-refractivity contribution is 7.80. The van der Waals surface area contributed by atoms with Crippen LogP contribution in [-0.4, -0.2) is 42.3 Å². The summed E-state index contributed by atoms with van der Waals surface area (Å²) in [5.74, 6) is 0.711. The molecule has 1 aromatic carbocycles. The number of benzene rings is 1. The number of thiocarbonyl (C=S) groups is 1. The summed E-state index contributed by atoms with van der Waals surface area (Å²) in [5.41, 5.74) is 7.33. The summed E-state index contributed by atoms with van der Waals surface area (Å²) in [6.07, 6.45) is 4.83. The molecule has 0 bridgehead atoms. The highest BCUT2D eigenvalue weighted by Crippen LogP contribution is 2.24. The van der Waals surface area contributed by atoms with Gasteiger partial charge in [-0.1, -0.05) is 13.3 Å². The van der Waals surface area contributed by atoms with Crippen LogP contribution in [0.5, 0.6) is 5.75 Å². The van der Waals surface area contributed by atoms with Crippen LogP contribution < -0.4 is 10.5 Å². The Bertz CT molecular complexity index is 522. The number of anilines is 1. The first kappa shape index (κ1) is 18.0. The molecule has 1 fully saturated rings. The van der Waals surface area contributed by atoms with E-state index in [0.29, 0.717) is 35.7 Å². The molecular formula is C18H28N2O2S. The van der Waals surface area contributed by atoms with Gasteiger partial charge in [-0.25, -0.2) is 0 Å². The second-order valence-electron chi connectivity index (χ2n) is 6.12. The second kappa shape index (κ2) is 9.08. The van der Waals surface area contributed by atoms with Crippen molar-refractivity contribution in [2.24, 2.45) is 0 Å². The van der Waals surface area contributed by atoms with E-state index in [2.05, 4.69) is 18.7 Å². The van der Waals surface area contributed by atoms with Crippen LogP contribution in [0.15, 0.2) is 18.2 Å². The fourth-order valence-corrected chi connectivity index (χ4v) is 3.11. The van der Waals surface area contributed by atoms with E-state index in [0.717, 1.165) is 25.1 Å². The van der Waals surface area contributed by atoms with Crippen LogP contribution in [0.1, 0.15) is 45.1 Å². The van der Waals surface area contributed by atoms with Gasteiger partial charge in [0.05, 0.1) is 12.2 Å². The molecule has 1 aromatic rings. The van der Waals surface area contributed by atoms with Gasteiger partial charge in [-0.15, -0.1) is 0 Å². The van der Waals surface area contributed by atoms with E-state index in [1.165, 1.54) is 19.3 Å². The van der Waals surface area contributed by atoms with Gasteiger partial charge in [0.2, 0.25) is 0 Å². The van der Waals surface area contributed by atoms with Crippen LogP contribution in [0.2, 0.25) is 0 Å². The Morgan fingerprint density at radius 1 is 1.35 bits per heavy atom. The van der Waals surface area contributed by atoms with E-state index >= 15 is 0 Å². The third kappa shape index (κ3) is 5.36. The average molecular weight is 337 g/mol. The van der Waals surface area contributed by atoms with Crippen LogP contribution in [0.3, 0.4) is 0 Å². The minimum absolute atomic E-state index is 0.487. The maximum atomic E-state index is 5.84. The van der Waals surface area contributed by atoms with Crippen LogP contribution in [0.4, 0.5) is 5.69 Å². The maximum absolute atomic E-state index is 5.84. The predicted molar refractivity (Wildman–Crippen MR) is 99.2 cm³/mol. The summed E-state index contributed by atoms with van der Waals surface area (Å²) in [7, 11) is 0. The largest absolute Gasteiger partial charge is 0.493 e. The number of hydrogen-bond acceptors (Lipinski definition) is 5. The molecule has 128 valence electrons. The molecule has 1 aliphatic heterocycles. The number of ether oxygens (including phenoxy) is 2. The number of hydrogen-bond donors (Lipinski definition) is 1. The molecule has 2 N–H and O–H groups in total. The average Bonchev–Trinajstić information content (AvgIpc) is 2.54. The Balaban J connectivity index is 1.89. The second-order valence-corrected chi connectivity index (χ2v) is 6.49. The Morgan fingerprint density at radius 3 is 2.91 bits per heavy atom. The molecule has 0 amide bonds. The number of nitrogens with zero attached hydrogens (tertiary/aromatic N) is 1. The Labute approximate surface area is 144 Å². The normalized spacial score (nSPS) is 18.6. The van der Waals surface area contributed by atoms with Crippen molar-refractivity contribution in [1.29, 1.82) is 0 Å². The van der Waals surface area contributed by atoms with Crippen molar-refractivity contribution in [3.63, 3.8) is 0 Å². The monoisotopic (exact) mass is 336 g/mol. The van der Waals surface area contributed by atoms with E-state index in [1.54, 1.807) is 0 Å². The van der Waals surface area contributed by atoms with Crippen LogP contribution in [-0.2, 0) is 4.74 Å². The van der Waals surface area contributed by atoms with Crippen molar-refractivity contribution in [1.82, 2.24) is 4.90 Å². The van der Waals surface area contributed by atoms with E-state index in [4.69, 9.17) is 27.4 Å². The van der Waals surface area contributed by atoms with Gasteiger partial charge in [0.1, 0.15) is 12.4 Å². The van der Waals surface area contributed by atoms with Gasteiger partial charge in [-0.3, -0.25) is 4.90 Å². The van der Waals surface area contributed by atoms with Crippen LogP contribution in [0.25, 0.3) is 0 Å². The molecular weight excluding hydrogens is 308 g/mol. The highest BCUT2D eigenvalue weighted by atomic mass is 32.1. The fourth-order valence-electron chi connectivity index (χ4n) is 2.86. The minimum Gasteiger partial charge on any atom is -0.493 e. The van der Waals surface area contributed by atoms with Gasteiger partial charge >= 0.3 is 0 Å². The summed E-state index contributed by atoms with van der Waals surface area (Å²) in [6, 6.07) is 6.16. The molecule has 0 spiro atoms. The van der Waals surface area contributed by atoms with Crippen LogP contribution >= 0.6 is 12.2 Å². The number of rotatable bonds is 7. The molecule has 5 heteroatoms. The zero-order valence-corrected chi connectivity index (χ0v) is 15.0. The van der Waals surface area contributed by atoms with Crippen LogP contribution in [0, 0.1) is 0 Å². The van der Waals surface area contributed by atoms with Crippen molar-refractivity contribution >= 4 is 23.0 Å². The lowest BCUT2D eigenvalue weighted by atomic mass is 10.0. The topological polar surface area (TPSA) is 47.7 Å². The number of likely N-dealkylation sites (tertiary alicyclic amines) is 1. The molecule has 1 saturated heterocycles. The standard InChI is InChI=1S/C18H28N2O2S/c1-3-11-21-17-13-15(19)7-8-16(17)18(23)22-12-10-20-9-5-4-6-14(20)2/h7-8,13-14H,3-6,9-12,19H2,1-2H3. The third-order valence-corrected chi connectivity index (χ3v) is 4.58. The molecule has 4 nitrogen and oxygen atoms in total. The number of nitrogens with two attached hydrogens (primary N) is 1. The van der Waals surface area contributed by atoms with Gasteiger partial charge in [-0.05, 0) is 57.1 Å². The molecule has 1 aliphatic rings. The SMILES string of the molecule is CCCOc1cc(N)ccc1C(=S)OCCN1CCCCC1C. The van der Waals surface area contributed by atoms with Gasteiger partial charge in [0.25, 0.3) is 0 Å². The lowest BCUT2D eigenvalue weighted by Gasteiger charge is -2.33. The first-order valence-corrected chi connectivity index (χ1v) is 8.96. The summed E-state index contributed by atoms with van der Waals surface area (Å²) >= 11 is 5.44. The molecule has 23 heavy (non-hydrogen) atoms. The van der Waals surface area contributed by atoms with Crippen molar-refractivity contribution in [2.45, 2.75) is 45.6 Å². The summed E-state index contributed by atoms with van der Waals surface area (Å²) in [6.45, 7) is 7.69. The zero-order chi connectivity index (χ0) is 16.7. The molecule has 0 saturated carbocycles. The first-order valence-electron chi connectivity index (χ1n) is 8.55. The van der Waals surface area contributed by atoms with E-state index in [1.807, 2.05) is 18.2 Å². The number of nitrogen functional groups attached to an aromatic ring is 1. The molecule has 0 aromatic heterocycles. The molecule has 2 rings (SSSR count). The Kier molecular flexibility index (Phi) is 7.12. The molecule has 0 aliphatic carbocycles. The van der Waals surface area contributed by atoms with Gasteiger partial charge in [0.15, 0.2) is 5.05 Å². The smallest absolute Gasteiger partial charge is 0.194 e. The van der Waals surface area contributed by atoms with Crippen molar-refractivity contribution < 1.29 is 9.47 Å². The summed E-state index contributed by atoms with van der Waals surface area (Å²) < 4.78 is 11.6. The summed E-state index contributed by atoms with van der Waals surface area (Å²) in [5, 5.41) is 0.487.